The molecule has 0 saturated carbocycles. The van der Waals surface area contributed by atoms with Gasteiger partial charge in [0.2, 0.25) is 0 Å². The summed E-state index contributed by atoms with van der Waals surface area (Å²) in [5, 5.41) is 10.9. The van der Waals surface area contributed by atoms with Gasteiger partial charge in [-0.15, -0.1) is 0 Å². The van der Waals surface area contributed by atoms with Crippen LogP contribution in [0.25, 0.3) is 0 Å². The first-order chi connectivity index (χ1) is 9.62. The third-order valence-corrected chi connectivity index (χ3v) is 4.66. The van der Waals surface area contributed by atoms with Crippen molar-refractivity contribution in [2.45, 2.75) is 24.8 Å². The Kier molecular flexibility index (Phi) is 5.16. The number of nitrogens with zero attached hydrogens (tertiary/aromatic N) is 2. The van der Waals surface area contributed by atoms with Crippen molar-refractivity contribution in [1.29, 1.82) is 0 Å². The van der Waals surface area contributed by atoms with Gasteiger partial charge in [-0.1, -0.05) is 6.92 Å². The van der Waals surface area contributed by atoms with E-state index < -0.39 is 10.0 Å². The molecule has 2 N–H and O–H groups in total. The molecular weight excluding hydrogens is 296 g/mol. The SMILES string of the molecule is CCCNCCn1cc(S(=O)(=O)Nc2ccsc2)cn1. The van der Waals surface area contributed by atoms with E-state index in [1.54, 1.807) is 22.3 Å². The van der Waals surface area contributed by atoms with Crippen molar-refractivity contribution >= 4 is 27.0 Å². The van der Waals surface area contributed by atoms with Crippen LogP contribution >= 0.6 is 11.3 Å². The van der Waals surface area contributed by atoms with Gasteiger partial charge in [0, 0.05) is 18.1 Å². The topological polar surface area (TPSA) is 76.0 Å². The molecule has 0 amide bonds. The van der Waals surface area contributed by atoms with Gasteiger partial charge in [-0.3, -0.25) is 9.40 Å². The van der Waals surface area contributed by atoms with Crippen molar-refractivity contribution in [3.63, 3.8) is 0 Å². The molecule has 110 valence electrons. The summed E-state index contributed by atoms with van der Waals surface area (Å²) in [6.07, 6.45) is 3.99. The molecule has 2 aromatic heterocycles. The first kappa shape index (κ1) is 15.0. The zero-order valence-electron chi connectivity index (χ0n) is 11.2. The van der Waals surface area contributed by atoms with Crippen molar-refractivity contribution in [2.24, 2.45) is 0 Å². The lowest BCUT2D eigenvalue weighted by Gasteiger charge is -2.04. The van der Waals surface area contributed by atoms with E-state index in [0.717, 1.165) is 19.5 Å². The molecule has 2 rings (SSSR count). The number of anilines is 1. The van der Waals surface area contributed by atoms with Crippen molar-refractivity contribution in [1.82, 2.24) is 15.1 Å². The van der Waals surface area contributed by atoms with E-state index >= 15 is 0 Å². The summed E-state index contributed by atoms with van der Waals surface area (Å²) in [7, 11) is -3.54. The second-order valence-electron chi connectivity index (χ2n) is 4.31. The van der Waals surface area contributed by atoms with Gasteiger partial charge >= 0.3 is 0 Å². The number of aromatic nitrogens is 2. The summed E-state index contributed by atoms with van der Waals surface area (Å²) in [6, 6.07) is 1.72. The zero-order valence-corrected chi connectivity index (χ0v) is 12.9. The minimum atomic E-state index is -3.54. The maximum Gasteiger partial charge on any atom is 0.265 e. The van der Waals surface area contributed by atoms with E-state index in [1.807, 2.05) is 5.38 Å². The highest BCUT2D eigenvalue weighted by Crippen LogP contribution is 2.17. The fourth-order valence-corrected chi connectivity index (χ4v) is 3.30. The molecule has 8 heteroatoms. The molecular formula is C12H18N4O2S2. The minimum Gasteiger partial charge on any atom is -0.315 e. The predicted octanol–water partition coefficient (Wildman–Crippen LogP) is 1.74. The molecule has 2 aromatic rings. The maximum atomic E-state index is 12.1. The molecule has 0 aliphatic heterocycles. The Morgan fingerprint density at radius 1 is 1.40 bits per heavy atom. The summed E-state index contributed by atoms with van der Waals surface area (Å²) in [4.78, 5) is 0.180. The van der Waals surface area contributed by atoms with E-state index in [2.05, 4.69) is 22.1 Å². The number of thiophene rings is 1. The van der Waals surface area contributed by atoms with E-state index in [9.17, 15) is 8.42 Å². The van der Waals surface area contributed by atoms with Crippen LogP contribution in [-0.4, -0.2) is 31.3 Å². The van der Waals surface area contributed by atoms with Gasteiger partial charge < -0.3 is 5.32 Å². The fourth-order valence-electron chi connectivity index (χ4n) is 1.64. The van der Waals surface area contributed by atoms with Crippen LogP contribution in [0, 0.1) is 0 Å². The monoisotopic (exact) mass is 314 g/mol. The van der Waals surface area contributed by atoms with Gasteiger partial charge in [-0.05, 0) is 24.4 Å². The van der Waals surface area contributed by atoms with Crippen LogP contribution in [0.1, 0.15) is 13.3 Å². The van der Waals surface area contributed by atoms with Crippen LogP contribution in [0.5, 0.6) is 0 Å². The quantitative estimate of drug-likeness (QED) is 0.728. The highest BCUT2D eigenvalue weighted by molar-refractivity contribution is 7.92. The van der Waals surface area contributed by atoms with Crippen LogP contribution in [0.3, 0.4) is 0 Å². The smallest absolute Gasteiger partial charge is 0.265 e. The molecule has 0 aromatic carbocycles. The Hall–Kier alpha value is -1.38. The third kappa shape index (κ3) is 4.06. The largest absolute Gasteiger partial charge is 0.315 e. The fraction of sp³-hybridized carbons (Fsp3) is 0.417. The molecule has 2 heterocycles. The Morgan fingerprint density at radius 3 is 2.95 bits per heavy atom. The standard InChI is InChI=1S/C12H18N4O2S2/c1-2-4-13-5-6-16-9-12(8-14-16)20(17,18)15-11-3-7-19-10-11/h3,7-10,13,15H,2,4-6H2,1H3. The molecule has 20 heavy (non-hydrogen) atoms. The lowest BCUT2D eigenvalue weighted by Crippen LogP contribution is -2.20. The van der Waals surface area contributed by atoms with E-state index in [4.69, 9.17) is 0 Å². The lowest BCUT2D eigenvalue weighted by atomic mass is 10.5. The molecule has 0 aliphatic carbocycles. The molecule has 0 aliphatic rings. The second-order valence-corrected chi connectivity index (χ2v) is 6.77. The van der Waals surface area contributed by atoms with Crippen molar-refractivity contribution in [3.8, 4) is 0 Å². The average molecular weight is 314 g/mol. The minimum absolute atomic E-state index is 0.180. The lowest BCUT2D eigenvalue weighted by molar-refractivity contribution is 0.552. The predicted molar refractivity (Wildman–Crippen MR) is 80.5 cm³/mol. The van der Waals surface area contributed by atoms with Crippen molar-refractivity contribution in [3.05, 3.63) is 29.2 Å². The first-order valence-electron chi connectivity index (χ1n) is 6.40. The van der Waals surface area contributed by atoms with E-state index in [0.29, 0.717) is 12.2 Å². The number of hydrogen-bond donors (Lipinski definition) is 2. The molecule has 0 unspecified atom stereocenters. The molecule has 6 nitrogen and oxygen atoms in total. The number of sulfonamides is 1. The summed E-state index contributed by atoms with van der Waals surface area (Å²) in [6.45, 7) is 4.47. The van der Waals surface area contributed by atoms with Crippen LogP contribution in [-0.2, 0) is 16.6 Å². The summed E-state index contributed by atoms with van der Waals surface area (Å²) in [5.74, 6) is 0. The molecule has 0 radical (unpaired) electrons. The number of rotatable bonds is 8. The number of nitrogens with one attached hydrogen (secondary N) is 2. The normalized spacial score (nSPS) is 11.7. The van der Waals surface area contributed by atoms with Crippen LogP contribution < -0.4 is 10.0 Å². The molecule has 0 fully saturated rings. The second kappa shape index (κ2) is 6.87. The first-order valence-corrected chi connectivity index (χ1v) is 8.82. The van der Waals surface area contributed by atoms with E-state index in [1.165, 1.54) is 17.5 Å². The van der Waals surface area contributed by atoms with Crippen LogP contribution in [0.15, 0.2) is 34.1 Å². The third-order valence-electron chi connectivity index (χ3n) is 2.64. The Morgan fingerprint density at radius 2 is 2.25 bits per heavy atom. The van der Waals surface area contributed by atoms with Gasteiger partial charge in [-0.25, -0.2) is 8.42 Å². The van der Waals surface area contributed by atoms with Gasteiger partial charge in [0.15, 0.2) is 0 Å². The summed E-state index contributed by atoms with van der Waals surface area (Å²) < 4.78 is 28.4. The maximum absolute atomic E-state index is 12.1. The summed E-state index contributed by atoms with van der Waals surface area (Å²) >= 11 is 1.44. The Bertz CT molecular complexity index is 620. The molecule has 0 bridgehead atoms. The Labute approximate surface area is 122 Å². The molecule has 0 spiro atoms. The highest BCUT2D eigenvalue weighted by atomic mass is 32.2. The molecule has 0 atom stereocenters. The van der Waals surface area contributed by atoms with Gasteiger partial charge in [0.05, 0.1) is 18.4 Å². The van der Waals surface area contributed by atoms with Gasteiger partial charge in [0.25, 0.3) is 10.0 Å². The van der Waals surface area contributed by atoms with Crippen molar-refractivity contribution in [2.75, 3.05) is 17.8 Å². The molecule has 0 saturated heterocycles. The van der Waals surface area contributed by atoms with Crippen LogP contribution in [0.2, 0.25) is 0 Å². The zero-order chi connectivity index (χ0) is 14.4. The van der Waals surface area contributed by atoms with Crippen LogP contribution in [0.4, 0.5) is 5.69 Å². The number of hydrogen-bond acceptors (Lipinski definition) is 5. The van der Waals surface area contributed by atoms with Crippen molar-refractivity contribution < 1.29 is 8.42 Å². The average Bonchev–Trinajstić information content (AvgIpc) is 3.05. The Balaban J connectivity index is 1.97. The summed E-state index contributed by atoms with van der Waals surface area (Å²) in [5.41, 5.74) is 0.576. The van der Waals surface area contributed by atoms with E-state index in [-0.39, 0.29) is 4.90 Å². The highest BCUT2D eigenvalue weighted by Gasteiger charge is 2.16. The van der Waals surface area contributed by atoms with Gasteiger partial charge in [0.1, 0.15) is 4.90 Å². The van der Waals surface area contributed by atoms with Gasteiger partial charge in [-0.2, -0.15) is 16.4 Å².